The number of nitrogens with two attached hydrogens (primary N) is 1. The zero-order chi connectivity index (χ0) is 12.1. The maximum absolute atomic E-state index is 8.66. The maximum Gasteiger partial charge on any atom is 0.173 e. The van der Waals surface area contributed by atoms with E-state index in [-0.39, 0.29) is 11.9 Å². The summed E-state index contributed by atoms with van der Waals surface area (Å²) in [5.41, 5.74) is 6.18. The largest absolute Gasteiger partial charge is 0.490 e. The Labute approximate surface area is 95.7 Å². The van der Waals surface area contributed by atoms with Gasteiger partial charge in [-0.05, 0) is 25.0 Å². The van der Waals surface area contributed by atoms with Gasteiger partial charge in [0, 0.05) is 0 Å². The van der Waals surface area contributed by atoms with Crippen LogP contribution >= 0.6 is 0 Å². The van der Waals surface area contributed by atoms with Crippen LogP contribution in [0.1, 0.15) is 26.3 Å². The highest BCUT2D eigenvalue weighted by molar-refractivity contribution is 5.99. The lowest BCUT2D eigenvalue weighted by atomic mass is 10.1. The van der Waals surface area contributed by atoms with Gasteiger partial charge in [0.15, 0.2) is 5.84 Å². The van der Waals surface area contributed by atoms with Crippen molar-refractivity contribution in [1.82, 2.24) is 0 Å². The summed E-state index contributed by atoms with van der Waals surface area (Å²) in [5, 5.41) is 11.6. The summed E-state index contributed by atoms with van der Waals surface area (Å²) in [6, 6.07) is 7.25. The van der Waals surface area contributed by atoms with Gasteiger partial charge < -0.3 is 15.7 Å². The first-order chi connectivity index (χ1) is 7.56. The smallest absolute Gasteiger partial charge is 0.173 e. The molecule has 0 radical (unpaired) electrons. The Morgan fingerprint density at radius 1 is 1.31 bits per heavy atom. The van der Waals surface area contributed by atoms with Crippen molar-refractivity contribution in [2.45, 2.75) is 26.9 Å². The van der Waals surface area contributed by atoms with E-state index in [9.17, 15) is 0 Å². The van der Waals surface area contributed by atoms with Gasteiger partial charge in [-0.3, -0.25) is 0 Å². The van der Waals surface area contributed by atoms with Gasteiger partial charge >= 0.3 is 0 Å². The molecule has 0 saturated carbocycles. The van der Waals surface area contributed by atoms with Crippen molar-refractivity contribution in [3.8, 4) is 5.75 Å². The minimum absolute atomic E-state index is 0.0616. The molecule has 16 heavy (non-hydrogen) atoms. The molecule has 4 heteroatoms. The second kappa shape index (κ2) is 5.39. The predicted octanol–water partition coefficient (Wildman–Crippen LogP) is 2.20. The quantitative estimate of drug-likeness (QED) is 0.355. The first-order valence-corrected chi connectivity index (χ1v) is 5.29. The van der Waals surface area contributed by atoms with Crippen molar-refractivity contribution in [2.75, 3.05) is 0 Å². The molecule has 0 aliphatic carbocycles. The molecule has 1 aromatic carbocycles. The van der Waals surface area contributed by atoms with E-state index >= 15 is 0 Å². The first kappa shape index (κ1) is 12.4. The van der Waals surface area contributed by atoms with Crippen LogP contribution in [-0.4, -0.2) is 17.1 Å². The van der Waals surface area contributed by atoms with E-state index in [4.69, 9.17) is 15.7 Å². The topological polar surface area (TPSA) is 67.8 Å². The molecule has 0 heterocycles. The zero-order valence-corrected chi connectivity index (χ0v) is 9.84. The molecule has 0 amide bonds. The summed E-state index contributed by atoms with van der Waals surface area (Å²) >= 11 is 0. The first-order valence-electron chi connectivity index (χ1n) is 5.29. The van der Waals surface area contributed by atoms with Crippen molar-refractivity contribution >= 4 is 5.84 Å². The number of ether oxygens (including phenoxy) is 1. The van der Waals surface area contributed by atoms with Crippen LogP contribution in [0.2, 0.25) is 0 Å². The average Bonchev–Trinajstić information content (AvgIpc) is 2.28. The molecule has 3 N–H and O–H groups in total. The fraction of sp³-hybridized carbons (Fsp3) is 0.417. The Morgan fingerprint density at radius 3 is 2.50 bits per heavy atom. The lowest BCUT2D eigenvalue weighted by Crippen LogP contribution is -2.21. The van der Waals surface area contributed by atoms with Gasteiger partial charge in [-0.15, -0.1) is 0 Å². The van der Waals surface area contributed by atoms with Crippen LogP contribution in [0.3, 0.4) is 0 Å². The Morgan fingerprint density at radius 2 is 1.94 bits per heavy atom. The minimum atomic E-state index is 0.0616. The number of oxime groups is 1. The lowest BCUT2D eigenvalue weighted by molar-refractivity contribution is 0.170. The van der Waals surface area contributed by atoms with Crippen LogP contribution in [0.25, 0.3) is 0 Å². The fourth-order valence-electron chi connectivity index (χ4n) is 1.17. The van der Waals surface area contributed by atoms with E-state index in [0.29, 0.717) is 17.2 Å². The Kier molecular flexibility index (Phi) is 4.17. The summed E-state index contributed by atoms with van der Waals surface area (Å²) < 4.78 is 5.76. The van der Waals surface area contributed by atoms with E-state index in [1.807, 2.05) is 25.1 Å². The molecule has 88 valence electrons. The highest BCUT2D eigenvalue weighted by Gasteiger charge is 2.13. The monoisotopic (exact) mass is 222 g/mol. The third kappa shape index (κ3) is 2.89. The van der Waals surface area contributed by atoms with Gasteiger partial charge in [0.05, 0.1) is 11.7 Å². The summed E-state index contributed by atoms with van der Waals surface area (Å²) in [6.07, 6.45) is 0.0765. The molecule has 0 fully saturated rings. The van der Waals surface area contributed by atoms with Crippen LogP contribution in [0.5, 0.6) is 5.75 Å². The number of amidine groups is 1. The molecule has 1 aromatic rings. The molecular formula is C12H18N2O2. The number of nitrogens with zero attached hydrogens (tertiary/aromatic N) is 1. The average molecular weight is 222 g/mol. The van der Waals surface area contributed by atoms with E-state index in [1.165, 1.54) is 0 Å². The summed E-state index contributed by atoms with van der Waals surface area (Å²) in [5.74, 6) is 1.10. The number of rotatable bonds is 4. The van der Waals surface area contributed by atoms with Crippen LogP contribution in [0.15, 0.2) is 29.4 Å². The van der Waals surface area contributed by atoms with Crippen molar-refractivity contribution in [3.63, 3.8) is 0 Å². The Bertz CT molecular complexity index is 375. The van der Waals surface area contributed by atoms with Gasteiger partial charge in [0.1, 0.15) is 5.75 Å². The van der Waals surface area contributed by atoms with Gasteiger partial charge in [0.25, 0.3) is 0 Å². The lowest BCUT2D eigenvalue weighted by Gasteiger charge is -2.19. The number of benzene rings is 1. The van der Waals surface area contributed by atoms with Gasteiger partial charge in [-0.25, -0.2) is 0 Å². The van der Waals surface area contributed by atoms with Crippen molar-refractivity contribution in [2.24, 2.45) is 16.8 Å². The normalized spacial score (nSPS) is 13.9. The summed E-state index contributed by atoms with van der Waals surface area (Å²) in [6.45, 7) is 6.15. The van der Waals surface area contributed by atoms with E-state index < -0.39 is 0 Å². The number of para-hydroxylation sites is 1. The Balaban J connectivity index is 2.96. The van der Waals surface area contributed by atoms with Crippen LogP contribution < -0.4 is 10.5 Å². The molecule has 0 aliphatic heterocycles. The third-order valence-corrected chi connectivity index (χ3v) is 2.52. The van der Waals surface area contributed by atoms with Gasteiger partial charge in [-0.2, -0.15) is 0 Å². The summed E-state index contributed by atoms with van der Waals surface area (Å²) in [4.78, 5) is 0. The standard InChI is InChI=1S/C12H18N2O2/c1-8(2)9(3)16-11-7-5-4-6-10(11)12(13)14-15/h4-9,15H,1-3H3,(H2,13,14). The van der Waals surface area contributed by atoms with E-state index in [1.54, 1.807) is 6.07 Å². The van der Waals surface area contributed by atoms with Gasteiger partial charge in [0.2, 0.25) is 0 Å². The Hall–Kier alpha value is -1.71. The molecule has 0 spiro atoms. The van der Waals surface area contributed by atoms with Crippen molar-refractivity contribution < 1.29 is 9.94 Å². The molecule has 1 atom stereocenters. The second-order valence-electron chi connectivity index (χ2n) is 4.05. The number of hydrogen-bond donors (Lipinski definition) is 2. The van der Waals surface area contributed by atoms with Gasteiger partial charge in [-0.1, -0.05) is 31.1 Å². The second-order valence-corrected chi connectivity index (χ2v) is 4.05. The van der Waals surface area contributed by atoms with Crippen LogP contribution in [-0.2, 0) is 0 Å². The fourth-order valence-corrected chi connectivity index (χ4v) is 1.17. The van der Waals surface area contributed by atoms with E-state index in [0.717, 1.165) is 0 Å². The van der Waals surface area contributed by atoms with E-state index in [2.05, 4.69) is 19.0 Å². The predicted molar refractivity (Wildman–Crippen MR) is 63.9 cm³/mol. The SMILES string of the molecule is CC(C)C(C)Oc1ccccc1C(N)=NO. The highest BCUT2D eigenvalue weighted by Crippen LogP contribution is 2.20. The van der Waals surface area contributed by atoms with Crippen LogP contribution in [0, 0.1) is 5.92 Å². The maximum atomic E-state index is 8.66. The molecule has 0 aliphatic rings. The molecular weight excluding hydrogens is 204 g/mol. The number of hydrogen-bond acceptors (Lipinski definition) is 3. The molecule has 0 bridgehead atoms. The summed E-state index contributed by atoms with van der Waals surface area (Å²) in [7, 11) is 0. The minimum Gasteiger partial charge on any atom is -0.490 e. The highest BCUT2D eigenvalue weighted by atomic mass is 16.5. The molecule has 1 rings (SSSR count). The third-order valence-electron chi connectivity index (χ3n) is 2.52. The molecule has 0 aromatic heterocycles. The van der Waals surface area contributed by atoms with Crippen molar-refractivity contribution in [1.29, 1.82) is 0 Å². The zero-order valence-electron chi connectivity index (χ0n) is 9.84. The molecule has 0 saturated heterocycles. The molecule has 1 unspecified atom stereocenters. The molecule has 4 nitrogen and oxygen atoms in total. The van der Waals surface area contributed by atoms with Crippen LogP contribution in [0.4, 0.5) is 0 Å². The van der Waals surface area contributed by atoms with Crippen molar-refractivity contribution in [3.05, 3.63) is 29.8 Å².